The Balaban J connectivity index is 2.53. The van der Waals surface area contributed by atoms with Gasteiger partial charge in [0.25, 0.3) is 0 Å². The number of unbranched alkanes of at least 4 members (excludes halogenated alkanes) is 3. The van der Waals surface area contributed by atoms with Gasteiger partial charge >= 0.3 is 0 Å². The molecule has 5 heteroatoms. The highest BCUT2D eigenvalue weighted by Gasteiger charge is 2.03. The molecule has 0 unspecified atom stereocenters. The van der Waals surface area contributed by atoms with Crippen molar-refractivity contribution in [3.63, 3.8) is 0 Å². The van der Waals surface area contributed by atoms with Crippen LogP contribution >= 0.6 is 0 Å². The Morgan fingerprint density at radius 1 is 1.18 bits per heavy atom. The van der Waals surface area contributed by atoms with Gasteiger partial charge in [-0.1, -0.05) is 32.3 Å². The van der Waals surface area contributed by atoms with E-state index in [1.807, 2.05) is 6.92 Å². The van der Waals surface area contributed by atoms with Crippen LogP contribution in [-0.4, -0.2) is 24.2 Å². The average molecular weight is 309 g/mol. The van der Waals surface area contributed by atoms with E-state index in [1.165, 1.54) is 25.3 Å². The molecule has 0 heterocycles. The van der Waals surface area contributed by atoms with Crippen molar-refractivity contribution in [2.45, 2.75) is 52.7 Å². The highest BCUT2D eigenvalue weighted by atomic mass is 19.1. The van der Waals surface area contributed by atoms with Crippen LogP contribution in [0.3, 0.4) is 0 Å². The summed E-state index contributed by atoms with van der Waals surface area (Å²) in [5.41, 5.74) is 1.19. The Kier molecular flexibility index (Phi) is 9.23. The Bertz CT molecular complexity index is 463. The number of rotatable bonds is 9. The molecule has 0 saturated heterocycles. The summed E-state index contributed by atoms with van der Waals surface area (Å²) in [4.78, 5) is 4.50. The highest BCUT2D eigenvalue weighted by Crippen LogP contribution is 2.11. The lowest BCUT2D eigenvalue weighted by atomic mass is 10.1. The number of guanidine groups is 1. The van der Waals surface area contributed by atoms with Crippen LogP contribution in [0.25, 0.3) is 0 Å². The molecule has 0 fully saturated rings. The van der Waals surface area contributed by atoms with E-state index >= 15 is 0 Å². The van der Waals surface area contributed by atoms with Gasteiger partial charge in [0.1, 0.15) is 5.82 Å². The molecule has 4 nitrogen and oxygen atoms in total. The second-order valence-corrected chi connectivity index (χ2v) is 5.27. The normalized spacial score (nSPS) is 11.5. The standard InChI is InChI=1S/C17H28FN3O/c1-3-5-6-7-10-20-17(19-4-2)21-12-14-8-9-16(18)15(11-14)13-22/h8-9,11,22H,3-7,10,12-13H2,1-2H3,(H2,19,20,21). The van der Waals surface area contributed by atoms with Crippen molar-refractivity contribution < 1.29 is 9.50 Å². The van der Waals surface area contributed by atoms with Crippen molar-refractivity contribution in [2.75, 3.05) is 13.1 Å². The predicted octanol–water partition coefficient (Wildman–Crippen LogP) is 2.95. The largest absolute Gasteiger partial charge is 0.392 e. The van der Waals surface area contributed by atoms with Crippen molar-refractivity contribution in [1.82, 2.24) is 10.6 Å². The SMILES string of the molecule is CCCCCCNC(=NCc1ccc(F)c(CO)c1)NCC. The third-order valence-corrected chi connectivity index (χ3v) is 3.37. The van der Waals surface area contributed by atoms with Gasteiger partial charge in [0, 0.05) is 18.7 Å². The van der Waals surface area contributed by atoms with Crippen molar-refractivity contribution in [1.29, 1.82) is 0 Å². The number of halogens is 1. The Morgan fingerprint density at radius 3 is 2.68 bits per heavy atom. The van der Waals surface area contributed by atoms with Crippen LogP contribution in [0.2, 0.25) is 0 Å². The summed E-state index contributed by atoms with van der Waals surface area (Å²) in [7, 11) is 0. The minimum Gasteiger partial charge on any atom is -0.392 e. The van der Waals surface area contributed by atoms with Crippen LogP contribution in [0, 0.1) is 5.82 Å². The van der Waals surface area contributed by atoms with Crippen LogP contribution in [0.1, 0.15) is 50.7 Å². The summed E-state index contributed by atoms with van der Waals surface area (Å²) in [5.74, 6) is 0.394. The fourth-order valence-corrected chi connectivity index (χ4v) is 2.12. The zero-order valence-electron chi connectivity index (χ0n) is 13.7. The zero-order valence-corrected chi connectivity index (χ0v) is 13.7. The molecule has 0 aliphatic heterocycles. The van der Waals surface area contributed by atoms with E-state index in [1.54, 1.807) is 12.1 Å². The van der Waals surface area contributed by atoms with Gasteiger partial charge in [0.15, 0.2) is 5.96 Å². The number of benzene rings is 1. The van der Waals surface area contributed by atoms with E-state index in [9.17, 15) is 4.39 Å². The minimum atomic E-state index is -0.379. The topological polar surface area (TPSA) is 56.7 Å². The first-order valence-corrected chi connectivity index (χ1v) is 8.11. The van der Waals surface area contributed by atoms with Crippen LogP contribution in [-0.2, 0) is 13.2 Å². The van der Waals surface area contributed by atoms with E-state index in [0.717, 1.165) is 31.0 Å². The molecule has 0 atom stereocenters. The van der Waals surface area contributed by atoms with Gasteiger partial charge in [-0.2, -0.15) is 0 Å². The molecule has 124 valence electrons. The Morgan fingerprint density at radius 2 is 2.00 bits per heavy atom. The summed E-state index contributed by atoms with van der Waals surface area (Å²) in [6, 6.07) is 4.73. The maximum atomic E-state index is 13.3. The first-order valence-electron chi connectivity index (χ1n) is 8.11. The van der Waals surface area contributed by atoms with E-state index in [4.69, 9.17) is 5.11 Å². The van der Waals surface area contributed by atoms with Crippen LogP contribution in [0.15, 0.2) is 23.2 Å². The molecule has 0 aliphatic rings. The number of aliphatic hydroxyl groups is 1. The van der Waals surface area contributed by atoms with Crippen molar-refractivity contribution in [2.24, 2.45) is 4.99 Å². The molecule has 0 amide bonds. The van der Waals surface area contributed by atoms with Crippen LogP contribution < -0.4 is 10.6 Å². The number of aliphatic imine (C=N–C) groups is 1. The molecule has 0 spiro atoms. The summed E-state index contributed by atoms with van der Waals surface area (Å²) < 4.78 is 13.3. The lowest BCUT2D eigenvalue weighted by Crippen LogP contribution is -2.37. The van der Waals surface area contributed by atoms with Gasteiger partial charge in [-0.3, -0.25) is 0 Å². The molecular weight excluding hydrogens is 281 g/mol. The van der Waals surface area contributed by atoms with Gasteiger partial charge in [-0.15, -0.1) is 0 Å². The van der Waals surface area contributed by atoms with E-state index in [2.05, 4.69) is 22.5 Å². The van der Waals surface area contributed by atoms with Gasteiger partial charge in [0.05, 0.1) is 13.2 Å². The average Bonchev–Trinajstić information content (AvgIpc) is 2.53. The van der Waals surface area contributed by atoms with Crippen molar-refractivity contribution in [3.05, 3.63) is 35.1 Å². The number of hydrogen-bond donors (Lipinski definition) is 3. The maximum Gasteiger partial charge on any atom is 0.191 e. The Hall–Kier alpha value is -1.62. The molecule has 0 bridgehead atoms. The summed E-state index contributed by atoms with van der Waals surface area (Å²) in [5, 5.41) is 15.6. The van der Waals surface area contributed by atoms with Crippen LogP contribution in [0.5, 0.6) is 0 Å². The smallest absolute Gasteiger partial charge is 0.191 e. The number of hydrogen-bond acceptors (Lipinski definition) is 2. The van der Waals surface area contributed by atoms with Crippen LogP contribution in [0.4, 0.5) is 4.39 Å². The molecule has 1 aromatic carbocycles. The Labute approximate surface area is 132 Å². The van der Waals surface area contributed by atoms with E-state index in [-0.39, 0.29) is 12.4 Å². The molecule has 0 aliphatic carbocycles. The van der Waals surface area contributed by atoms with Gasteiger partial charge < -0.3 is 15.7 Å². The summed E-state index contributed by atoms with van der Waals surface area (Å²) >= 11 is 0. The van der Waals surface area contributed by atoms with E-state index in [0.29, 0.717) is 12.1 Å². The monoisotopic (exact) mass is 309 g/mol. The first-order chi connectivity index (χ1) is 10.7. The second-order valence-electron chi connectivity index (χ2n) is 5.27. The quantitative estimate of drug-likeness (QED) is 0.373. The fraction of sp³-hybridized carbons (Fsp3) is 0.588. The number of nitrogens with one attached hydrogen (secondary N) is 2. The zero-order chi connectivity index (χ0) is 16.2. The van der Waals surface area contributed by atoms with Crippen molar-refractivity contribution in [3.8, 4) is 0 Å². The number of nitrogens with zero attached hydrogens (tertiary/aromatic N) is 1. The highest BCUT2D eigenvalue weighted by molar-refractivity contribution is 5.79. The second kappa shape index (κ2) is 11.0. The predicted molar refractivity (Wildman–Crippen MR) is 89.3 cm³/mol. The van der Waals surface area contributed by atoms with Gasteiger partial charge in [-0.05, 0) is 31.0 Å². The number of aliphatic hydroxyl groups excluding tert-OH is 1. The third kappa shape index (κ3) is 6.89. The molecule has 1 rings (SSSR count). The fourth-order valence-electron chi connectivity index (χ4n) is 2.12. The molecule has 0 aromatic heterocycles. The van der Waals surface area contributed by atoms with Crippen molar-refractivity contribution >= 4 is 5.96 Å². The third-order valence-electron chi connectivity index (χ3n) is 3.37. The van der Waals surface area contributed by atoms with E-state index < -0.39 is 0 Å². The molecule has 22 heavy (non-hydrogen) atoms. The molecule has 0 radical (unpaired) electrons. The maximum absolute atomic E-state index is 13.3. The lowest BCUT2D eigenvalue weighted by molar-refractivity contribution is 0.275. The van der Waals surface area contributed by atoms with Gasteiger partial charge in [0.2, 0.25) is 0 Å². The van der Waals surface area contributed by atoms with Gasteiger partial charge in [-0.25, -0.2) is 9.38 Å². The molecule has 0 saturated carbocycles. The summed E-state index contributed by atoms with van der Waals surface area (Å²) in [6.45, 7) is 6.08. The molecule has 1 aromatic rings. The molecule has 3 N–H and O–H groups in total. The molecular formula is C17H28FN3O. The lowest BCUT2D eigenvalue weighted by Gasteiger charge is -2.11. The summed E-state index contributed by atoms with van der Waals surface area (Å²) in [6.07, 6.45) is 4.84. The first kappa shape index (κ1) is 18.4. The minimum absolute atomic E-state index is 0.293.